The monoisotopic (exact) mass is 251 g/mol. The first-order valence-electron chi connectivity index (χ1n) is 5.85. The molecule has 1 N–H and O–H groups in total. The lowest BCUT2D eigenvalue weighted by atomic mass is 10.1. The Kier molecular flexibility index (Phi) is 6.51. The highest BCUT2D eigenvalue weighted by Gasteiger charge is 2.19. The van der Waals surface area contributed by atoms with Crippen LogP contribution in [0.15, 0.2) is 0 Å². The molecule has 0 aromatic heterocycles. The molecule has 98 valence electrons. The lowest BCUT2D eigenvalue weighted by Crippen LogP contribution is -2.40. The van der Waals surface area contributed by atoms with Crippen molar-refractivity contribution in [1.29, 1.82) is 0 Å². The Morgan fingerprint density at radius 3 is 2.12 bits per heavy atom. The van der Waals surface area contributed by atoms with Gasteiger partial charge in [-0.15, -0.1) is 0 Å². The molecule has 0 unspecified atom stereocenters. The lowest BCUT2D eigenvalue weighted by molar-refractivity contribution is 0.0398. The minimum Gasteiger partial charge on any atom is -0.389 e. The molecule has 0 radical (unpaired) electrons. The van der Waals surface area contributed by atoms with Gasteiger partial charge >= 0.3 is 0 Å². The van der Waals surface area contributed by atoms with Crippen LogP contribution in [-0.4, -0.2) is 55.2 Å². The zero-order valence-corrected chi connectivity index (χ0v) is 11.7. The molecule has 5 heteroatoms. The fourth-order valence-corrected chi connectivity index (χ4v) is 2.94. The molecule has 0 spiro atoms. The van der Waals surface area contributed by atoms with E-state index < -0.39 is 15.4 Å². The van der Waals surface area contributed by atoms with Crippen LogP contribution in [0.25, 0.3) is 0 Å². The second kappa shape index (κ2) is 6.57. The Bertz CT molecular complexity index is 280. The molecule has 0 saturated heterocycles. The van der Waals surface area contributed by atoms with Crippen LogP contribution in [0.1, 0.15) is 34.1 Å². The molecule has 0 saturated carbocycles. The minimum atomic E-state index is -2.92. The van der Waals surface area contributed by atoms with Gasteiger partial charge in [-0.2, -0.15) is 0 Å². The summed E-state index contributed by atoms with van der Waals surface area (Å²) >= 11 is 0. The Morgan fingerprint density at radius 2 is 1.75 bits per heavy atom. The van der Waals surface area contributed by atoms with Gasteiger partial charge in [0.25, 0.3) is 0 Å². The van der Waals surface area contributed by atoms with Crippen LogP contribution in [0.3, 0.4) is 0 Å². The molecule has 0 aliphatic rings. The zero-order valence-electron chi connectivity index (χ0n) is 10.9. The van der Waals surface area contributed by atoms with E-state index in [1.54, 1.807) is 13.8 Å². The van der Waals surface area contributed by atoms with Crippen LogP contribution in [0.5, 0.6) is 0 Å². The third-order valence-electron chi connectivity index (χ3n) is 2.29. The molecule has 0 atom stereocenters. The molecule has 0 aliphatic heterocycles. The lowest BCUT2D eigenvalue weighted by Gasteiger charge is -2.27. The van der Waals surface area contributed by atoms with E-state index in [1.807, 2.05) is 18.7 Å². The number of aliphatic hydroxyl groups is 1. The van der Waals surface area contributed by atoms with Crippen molar-refractivity contribution in [3.63, 3.8) is 0 Å². The topological polar surface area (TPSA) is 57.6 Å². The van der Waals surface area contributed by atoms with Crippen molar-refractivity contribution in [2.45, 2.75) is 39.7 Å². The number of nitrogens with zero attached hydrogens (tertiary/aromatic N) is 1. The molecule has 0 heterocycles. The largest absolute Gasteiger partial charge is 0.389 e. The maximum Gasteiger partial charge on any atom is 0.151 e. The van der Waals surface area contributed by atoms with Gasteiger partial charge in [-0.25, -0.2) is 8.42 Å². The third kappa shape index (κ3) is 8.07. The molecule has 0 aromatic rings. The quantitative estimate of drug-likeness (QED) is 0.696. The number of sulfone groups is 1. The second-order valence-electron chi connectivity index (χ2n) is 4.83. The molecular weight excluding hydrogens is 226 g/mol. The summed E-state index contributed by atoms with van der Waals surface area (Å²) in [5.74, 6) is 0.442. The van der Waals surface area contributed by atoms with E-state index in [0.29, 0.717) is 19.5 Å². The first kappa shape index (κ1) is 15.9. The van der Waals surface area contributed by atoms with Crippen molar-refractivity contribution in [3.8, 4) is 0 Å². The highest BCUT2D eigenvalue weighted by molar-refractivity contribution is 7.91. The van der Waals surface area contributed by atoms with Crippen LogP contribution in [0.4, 0.5) is 0 Å². The molecule has 0 rings (SSSR count). The highest BCUT2D eigenvalue weighted by atomic mass is 32.2. The van der Waals surface area contributed by atoms with Gasteiger partial charge in [0.15, 0.2) is 9.84 Å². The Balaban J connectivity index is 4.16. The summed E-state index contributed by atoms with van der Waals surface area (Å²) in [4.78, 5) is 1.97. The predicted octanol–water partition coefficient (Wildman–Crippen LogP) is 0.904. The summed E-state index contributed by atoms with van der Waals surface area (Å²) in [6.45, 7) is 9.07. The molecule has 0 aliphatic carbocycles. The fraction of sp³-hybridized carbons (Fsp3) is 1.00. The van der Waals surface area contributed by atoms with Crippen molar-refractivity contribution in [3.05, 3.63) is 0 Å². The highest BCUT2D eigenvalue weighted by Crippen LogP contribution is 2.05. The number of likely N-dealkylation sites (N-methyl/N-ethyl adjacent to an activating group) is 1. The Hall–Kier alpha value is -0.130. The van der Waals surface area contributed by atoms with Gasteiger partial charge in [0, 0.05) is 18.8 Å². The van der Waals surface area contributed by atoms with E-state index in [1.165, 1.54) is 0 Å². The number of hydrogen-bond donors (Lipinski definition) is 1. The Labute approximate surface area is 99.6 Å². The standard InChI is InChI=1S/C11H25NO3S/c1-5-8-16(14,15)9-7-12(6-2)10-11(3,4)13/h13H,5-10H2,1-4H3. The molecule has 0 bridgehead atoms. The summed E-state index contributed by atoms with van der Waals surface area (Å²) in [5.41, 5.74) is -0.773. The summed E-state index contributed by atoms with van der Waals surface area (Å²) < 4.78 is 23.1. The average Bonchev–Trinajstić information content (AvgIpc) is 2.10. The Morgan fingerprint density at radius 1 is 1.19 bits per heavy atom. The van der Waals surface area contributed by atoms with Gasteiger partial charge in [-0.1, -0.05) is 13.8 Å². The summed E-state index contributed by atoms with van der Waals surface area (Å²) in [7, 11) is -2.92. The number of rotatable bonds is 8. The van der Waals surface area contributed by atoms with Crippen LogP contribution in [-0.2, 0) is 9.84 Å². The van der Waals surface area contributed by atoms with Crippen molar-refractivity contribution in [2.75, 3.05) is 31.1 Å². The van der Waals surface area contributed by atoms with E-state index in [9.17, 15) is 13.5 Å². The van der Waals surface area contributed by atoms with Crippen molar-refractivity contribution in [1.82, 2.24) is 4.90 Å². The van der Waals surface area contributed by atoms with Gasteiger partial charge in [0.2, 0.25) is 0 Å². The van der Waals surface area contributed by atoms with Crippen LogP contribution in [0, 0.1) is 0 Å². The van der Waals surface area contributed by atoms with Gasteiger partial charge in [0.05, 0.1) is 11.4 Å². The third-order valence-corrected chi connectivity index (χ3v) is 4.13. The van der Waals surface area contributed by atoms with E-state index >= 15 is 0 Å². The maximum atomic E-state index is 11.5. The minimum absolute atomic E-state index is 0.185. The van der Waals surface area contributed by atoms with E-state index in [-0.39, 0.29) is 11.5 Å². The summed E-state index contributed by atoms with van der Waals surface area (Å²) in [6.07, 6.45) is 0.667. The molecular formula is C11H25NO3S. The van der Waals surface area contributed by atoms with Crippen LogP contribution in [0.2, 0.25) is 0 Å². The first-order chi connectivity index (χ1) is 7.20. The normalized spacial score (nSPS) is 13.4. The molecule has 0 aromatic carbocycles. The maximum absolute atomic E-state index is 11.5. The van der Waals surface area contributed by atoms with Crippen LogP contribution < -0.4 is 0 Å². The van der Waals surface area contributed by atoms with Crippen molar-refractivity contribution in [2.24, 2.45) is 0 Å². The van der Waals surface area contributed by atoms with Gasteiger partial charge in [-0.3, -0.25) is 4.90 Å². The smallest absolute Gasteiger partial charge is 0.151 e. The zero-order chi connectivity index (χ0) is 12.8. The SMILES string of the molecule is CCCS(=O)(=O)CCN(CC)CC(C)(C)O. The van der Waals surface area contributed by atoms with Gasteiger partial charge in [-0.05, 0) is 26.8 Å². The fourth-order valence-electron chi connectivity index (χ4n) is 1.58. The summed E-state index contributed by atoms with van der Waals surface area (Å²) in [6, 6.07) is 0. The predicted molar refractivity (Wildman–Crippen MR) is 67.4 cm³/mol. The molecule has 4 nitrogen and oxygen atoms in total. The number of hydrogen-bond acceptors (Lipinski definition) is 4. The summed E-state index contributed by atoms with van der Waals surface area (Å²) in [5, 5.41) is 9.66. The first-order valence-corrected chi connectivity index (χ1v) is 7.67. The molecule has 16 heavy (non-hydrogen) atoms. The van der Waals surface area contributed by atoms with E-state index in [0.717, 1.165) is 6.54 Å². The van der Waals surface area contributed by atoms with E-state index in [4.69, 9.17) is 0 Å². The second-order valence-corrected chi connectivity index (χ2v) is 7.14. The van der Waals surface area contributed by atoms with Crippen molar-refractivity contribution < 1.29 is 13.5 Å². The van der Waals surface area contributed by atoms with Crippen molar-refractivity contribution >= 4 is 9.84 Å². The molecule has 0 amide bonds. The van der Waals surface area contributed by atoms with Crippen LogP contribution >= 0.6 is 0 Å². The molecule has 0 fully saturated rings. The average molecular weight is 251 g/mol. The van der Waals surface area contributed by atoms with Gasteiger partial charge in [0.1, 0.15) is 0 Å². The van der Waals surface area contributed by atoms with Gasteiger partial charge < -0.3 is 5.11 Å². The van der Waals surface area contributed by atoms with E-state index in [2.05, 4.69) is 0 Å².